The molecule has 11 heteroatoms. The zero-order valence-corrected chi connectivity index (χ0v) is 19.7. The van der Waals surface area contributed by atoms with Gasteiger partial charge in [-0.05, 0) is 36.4 Å². The van der Waals surface area contributed by atoms with Crippen LogP contribution in [0.4, 0.5) is 0 Å². The maximum absolute atomic E-state index is 13.2. The highest BCUT2D eigenvalue weighted by Crippen LogP contribution is 2.31. The lowest BCUT2D eigenvalue weighted by molar-refractivity contribution is 0.0691. The molecule has 3 aromatic rings. The SMILES string of the molecule is COc1ccc(OC)c(S(=O)(=O)N2CCN(C(=O)c3ccn(-c4cccc(Cl)c4)n3)CC2)c1. The quantitative estimate of drug-likeness (QED) is 0.527. The van der Waals surface area contributed by atoms with E-state index in [2.05, 4.69) is 5.10 Å². The monoisotopic (exact) mass is 490 g/mol. The first-order chi connectivity index (χ1) is 15.8. The largest absolute Gasteiger partial charge is 0.497 e. The summed E-state index contributed by atoms with van der Waals surface area (Å²) in [5.41, 5.74) is 1.02. The third-order valence-corrected chi connectivity index (χ3v) is 7.55. The fourth-order valence-corrected chi connectivity index (χ4v) is 5.40. The number of rotatable bonds is 6. The number of halogens is 1. The molecule has 0 N–H and O–H groups in total. The first-order valence-corrected chi connectivity index (χ1v) is 12.0. The van der Waals surface area contributed by atoms with E-state index in [9.17, 15) is 13.2 Å². The molecular weight excluding hydrogens is 468 g/mol. The molecule has 0 unspecified atom stereocenters. The summed E-state index contributed by atoms with van der Waals surface area (Å²) < 4.78 is 39.8. The molecule has 4 rings (SSSR count). The average molecular weight is 491 g/mol. The first kappa shape index (κ1) is 23.1. The molecule has 33 heavy (non-hydrogen) atoms. The fourth-order valence-electron chi connectivity index (χ4n) is 3.62. The lowest BCUT2D eigenvalue weighted by Crippen LogP contribution is -2.50. The summed E-state index contributed by atoms with van der Waals surface area (Å²) in [5.74, 6) is 0.395. The molecule has 2 heterocycles. The van der Waals surface area contributed by atoms with E-state index in [0.29, 0.717) is 10.8 Å². The Hall–Kier alpha value is -3.08. The third kappa shape index (κ3) is 4.68. The normalized spacial score (nSPS) is 14.8. The molecule has 2 aromatic carbocycles. The van der Waals surface area contributed by atoms with Crippen LogP contribution in [-0.2, 0) is 10.0 Å². The Labute approximate surface area is 197 Å². The van der Waals surface area contributed by atoms with E-state index >= 15 is 0 Å². The Balaban J connectivity index is 1.46. The maximum atomic E-state index is 13.2. The molecule has 0 spiro atoms. The fraction of sp³-hybridized carbons (Fsp3) is 0.273. The average Bonchev–Trinajstić information content (AvgIpc) is 3.33. The second kappa shape index (κ2) is 9.42. The van der Waals surface area contributed by atoms with E-state index in [1.54, 1.807) is 52.2 Å². The van der Waals surface area contributed by atoms with Crippen molar-refractivity contribution in [3.63, 3.8) is 0 Å². The second-order valence-electron chi connectivity index (χ2n) is 7.34. The van der Waals surface area contributed by atoms with Crippen LogP contribution in [0.3, 0.4) is 0 Å². The lowest BCUT2D eigenvalue weighted by Gasteiger charge is -2.33. The Morgan fingerprint density at radius 2 is 1.76 bits per heavy atom. The van der Waals surface area contributed by atoms with Gasteiger partial charge < -0.3 is 14.4 Å². The number of amides is 1. The highest BCUT2D eigenvalue weighted by atomic mass is 35.5. The van der Waals surface area contributed by atoms with Crippen LogP contribution in [0, 0.1) is 0 Å². The maximum Gasteiger partial charge on any atom is 0.274 e. The number of piperazine rings is 1. The first-order valence-electron chi connectivity index (χ1n) is 10.2. The van der Waals surface area contributed by atoms with Crippen molar-refractivity contribution in [2.45, 2.75) is 4.90 Å². The Bertz CT molecular complexity index is 1270. The molecule has 1 fully saturated rings. The zero-order valence-electron chi connectivity index (χ0n) is 18.1. The number of methoxy groups -OCH3 is 2. The Kier molecular flexibility index (Phi) is 6.59. The van der Waals surface area contributed by atoms with Crippen LogP contribution in [-0.4, -0.2) is 73.7 Å². The molecule has 0 saturated carbocycles. The number of aromatic nitrogens is 2. The van der Waals surface area contributed by atoms with E-state index in [-0.39, 0.29) is 48.4 Å². The summed E-state index contributed by atoms with van der Waals surface area (Å²) >= 11 is 6.03. The van der Waals surface area contributed by atoms with Crippen LogP contribution in [0.25, 0.3) is 5.69 Å². The van der Waals surface area contributed by atoms with Gasteiger partial charge in [0.05, 0.1) is 19.9 Å². The number of ether oxygens (including phenoxy) is 2. The molecule has 0 aliphatic carbocycles. The minimum Gasteiger partial charge on any atom is -0.497 e. The van der Waals surface area contributed by atoms with Crippen molar-refractivity contribution in [2.75, 3.05) is 40.4 Å². The van der Waals surface area contributed by atoms with Crippen LogP contribution in [0.1, 0.15) is 10.5 Å². The van der Waals surface area contributed by atoms with Crippen LogP contribution in [0.5, 0.6) is 11.5 Å². The van der Waals surface area contributed by atoms with Gasteiger partial charge in [-0.25, -0.2) is 13.1 Å². The predicted octanol–water partition coefficient (Wildman–Crippen LogP) is 2.69. The summed E-state index contributed by atoms with van der Waals surface area (Å²) in [6.45, 7) is 0.801. The van der Waals surface area contributed by atoms with Gasteiger partial charge in [0.25, 0.3) is 5.91 Å². The van der Waals surface area contributed by atoms with Crippen molar-refractivity contribution in [1.29, 1.82) is 0 Å². The van der Waals surface area contributed by atoms with Crippen LogP contribution in [0.2, 0.25) is 5.02 Å². The summed E-state index contributed by atoms with van der Waals surface area (Å²) in [6.07, 6.45) is 1.69. The van der Waals surface area contributed by atoms with Crippen molar-refractivity contribution >= 4 is 27.5 Å². The number of nitrogens with zero attached hydrogens (tertiary/aromatic N) is 4. The molecule has 0 radical (unpaired) electrons. The molecule has 174 valence electrons. The molecule has 1 aromatic heterocycles. The molecule has 0 atom stereocenters. The topological polar surface area (TPSA) is 94.0 Å². The number of hydrogen-bond acceptors (Lipinski definition) is 6. The smallest absolute Gasteiger partial charge is 0.274 e. The number of carbonyl (C=O) groups excluding carboxylic acids is 1. The van der Waals surface area contributed by atoms with E-state index in [1.165, 1.54) is 24.6 Å². The second-order valence-corrected chi connectivity index (χ2v) is 9.68. The molecule has 1 aliphatic heterocycles. The van der Waals surface area contributed by atoms with Gasteiger partial charge >= 0.3 is 0 Å². The lowest BCUT2D eigenvalue weighted by atomic mass is 10.3. The van der Waals surface area contributed by atoms with Gasteiger partial charge in [0, 0.05) is 43.5 Å². The molecule has 0 bridgehead atoms. The van der Waals surface area contributed by atoms with E-state index < -0.39 is 10.0 Å². The minimum atomic E-state index is -3.83. The van der Waals surface area contributed by atoms with Crippen LogP contribution >= 0.6 is 11.6 Å². The van der Waals surface area contributed by atoms with E-state index in [4.69, 9.17) is 21.1 Å². The van der Waals surface area contributed by atoms with E-state index in [1.807, 2.05) is 6.07 Å². The number of hydrogen-bond donors (Lipinski definition) is 0. The summed E-state index contributed by atoms with van der Waals surface area (Å²) in [7, 11) is -0.944. The molecule has 1 aliphatic rings. The van der Waals surface area contributed by atoms with Crippen molar-refractivity contribution in [1.82, 2.24) is 19.0 Å². The summed E-state index contributed by atoms with van der Waals surface area (Å²) in [5, 5.41) is 4.93. The molecule has 1 amide bonds. The summed E-state index contributed by atoms with van der Waals surface area (Å²) in [4.78, 5) is 14.6. The van der Waals surface area contributed by atoms with Crippen LogP contribution < -0.4 is 9.47 Å². The molecule has 9 nitrogen and oxygen atoms in total. The van der Waals surface area contributed by atoms with Gasteiger partial charge in [-0.2, -0.15) is 9.40 Å². The third-order valence-electron chi connectivity index (χ3n) is 5.40. The van der Waals surface area contributed by atoms with Gasteiger partial charge in [0.2, 0.25) is 10.0 Å². The van der Waals surface area contributed by atoms with E-state index in [0.717, 1.165) is 5.69 Å². The van der Waals surface area contributed by atoms with Crippen LogP contribution in [0.15, 0.2) is 59.6 Å². The Morgan fingerprint density at radius 3 is 2.42 bits per heavy atom. The Morgan fingerprint density at radius 1 is 1.00 bits per heavy atom. The van der Waals surface area contributed by atoms with Crippen molar-refractivity contribution in [3.8, 4) is 17.2 Å². The molecular formula is C22H23ClN4O5S. The highest BCUT2D eigenvalue weighted by Gasteiger charge is 2.33. The van der Waals surface area contributed by atoms with Gasteiger partial charge in [-0.15, -0.1) is 0 Å². The minimum absolute atomic E-state index is 0.0318. The van der Waals surface area contributed by atoms with Crippen molar-refractivity contribution in [2.24, 2.45) is 0 Å². The molecule has 1 saturated heterocycles. The van der Waals surface area contributed by atoms with Gasteiger partial charge in [-0.3, -0.25) is 4.79 Å². The van der Waals surface area contributed by atoms with Gasteiger partial charge in [-0.1, -0.05) is 17.7 Å². The van der Waals surface area contributed by atoms with Gasteiger partial charge in [0.15, 0.2) is 5.69 Å². The summed E-state index contributed by atoms with van der Waals surface area (Å²) in [6, 6.07) is 13.4. The predicted molar refractivity (Wildman–Crippen MR) is 123 cm³/mol. The number of sulfonamides is 1. The standard InChI is InChI=1S/C22H23ClN4O5S/c1-31-18-6-7-20(32-2)21(15-18)33(29,30)26-12-10-25(11-13-26)22(28)19-8-9-27(24-19)17-5-3-4-16(23)14-17/h3-9,14-15H,10-13H2,1-2H3. The highest BCUT2D eigenvalue weighted by molar-refractivity contribution is 7.89. The van der Waals surface area contributed by atoms with Gasteiger partial charge in [0.1, 0.15) is 16.4 Å². The van der Waals surface area contributed by atoms with Crippen molar-refractivity contribution in [3.05, 3.63) is 65.4 Å². The number of carbonyl (C=O) groups is 1. The number of benzene rings is 2. The zero-order chi connectivity index (χ0) is 23.6. The van der Waals surface area contributed by atoms with Crippen molar-refractivity contribution < 1.29 is 22.7 Å².